The van der Waals surface area contributed by atoms with Gasteiger partial charge in [0, 0.05) is 11.1 Å². The number of hydrogen-bond acceptors (Lipinski definition) is 4. The zero-order chi connectivity index (χ0) is 17.2. The van der Waals surface area contributed by atoms with Crippen molar-refractivity contribution in [2.45, 2.75) is 11.8 Å². The molecule has 0 saturated carbocycles. The molecule has 0 radical (unpaired) electrons. The lowest BCUT2D eigenvalue weighted by Crippen LogP contribution is -2.15. The predicted octanol–water partition coefficient (Wildman–Crippen LogP) is 2.44. The number of sulfonamides is 1. The average Bonchev–Trinajstić information content (AvgIpc) is 2.49. The molecule has 6 nitrogen and oxygen atoms in total. The molecule has 0 aliphatic carbocycles. The zero-order valence-corrected chi connectivity index (χ0v) is 13.6. The number of amides is 1. The molecule has 3 N–H and O–H groups in total. The number of anilines is 1. The molecule has 0 unspecified atom stereocenters. The summed E-state index contributed by atoms with van der Waals surface area (Å²) in [5.74, 6) is -0.868. The minimum atomic E-state index is -3.92. The smallest absolute Gasteiger partial charge is 0.261 e. The van der Waals surface area contributed by atoms with E-state index < -0.39 is 15.9 Å². The van der Waals surface area contributed by atoms with Crippen molar-refractivity contribution >= 4 is 39.0 Å². The van der Waals surface area contributed by atoms with Crippen molar-refractivity contribution in [1.29, 1.82) is 0 Å². The Balaban J connectivity index is 2.36. The minimum Gasteiger partial charge on any atom is -0.366 e. The van der Waals surface area contributed by atoms with Gasteiger partial charge in [-0.15, -0.1) is 0 Å². The zero-order valence-electron chi connectivity index (χ0n) is 12.0. The maximum Gasteiger partial charge on any atom is 0.261 e. The van der Waals surface area contributed by atoms with Crippen LogP contribution < -0.4 is 10.5 Å². The topological polar surface area (TPSA) is 106 Å². The number of nitrogens with two attached hydrogens (primary N) is 1. The highest BCUT2D eigenvalue weighted by molar-refractivity contribution is 7.92. The number of carbonyl (C=O) groups is 2. The first-order valence-corrected chi connectivity index (χ1v) is 8.30. The largest absolute Gasteiger partial charge is 0.366 e. The number of rotatable bonds is 5. The fraction of sp³-hybridized carbons (Fsp3) is 0.0667. The van der Waals surface area contributed by atoms with Crippen LogP contribution in [0.5, 0.6) is 0 Å². The molecule has 0 aromatic heterocycles. The third kappa shape index (κ3) is 3.88. The number of hydrogen-bond donors (Lipinski definition) is 2. The summed E-state index contributed by atoms with van der Waals surface area (Å²) in [5.41, 5.74) is 5.73. The second-order valence-corrected chi connectivity index (χ2v) is 6.83. The van der Waals surface area contributed by atoms with Crippen LogP contribution in [0.1, 0.15) is 27.6 Å². The van der Waals surface area contributed by atoms with Crippen molar-refractivity contribution in [3.63, 3.8) is 0 Å². The highest BCUT2D eigenvalue weighted by Crippen LogP contribution is 2.26. The Labute approximate surface area is 138 Å². The van der Waals surface area contributed by atoms with Crippen LogP contribution in [0.3, 0.4) is 0 Å². The van der Waals surface area contributed by atoms with Gasteiger partial charge in [0.25, 0.3) is 10.0 Å². The molecule has 2 aromatic rings. The molecule has 0 heterocycles. The van der Waals surface area contributed by atoms with Gasteiger partial charge in [-0.25, -0.2) is 8.42 Å². The van der Waals surface area contributed by atoms with Gasteiger partial charge in [0.1, 0.15) is 0 Å². The molecule has 2 aromatic carbocycles. The van der Waals surface area contributed by atoms with Crippen LogP contribution in [0.2, 0.25) is 5.02 Å². The minimum absolute atomic E-state index is 0.0388. The predicted molar refractivity (Wildman–Crippen MR) is 87.2 cm³/mol. The van der Waals surface area contributed by atoms with E-state index in [1.54, 1.807) is 0 Å². The first-order valence-electron chi connectivity index (χ1n) is 6.44. The van der Waals surface area contributed by atoms with Gasteiger partial charge >= 0.3 is 0 Å². The molecule has 23 heavy (non-hydrogen) atoms. The molecule has 120 valence electrons. The van der Waals surface area contributed by atoms with Crippen LogP contribution in [0.4, 0.5) is 5.69 Å². The number of halogens is 1. The van der Waals surface area contributed by atoms with E-state index in [4.69, 9.17) is 17.3 Å². The van der Waals surface area contributed by atoms with E-state index >= 15 is 0 Å². The van der Waals surface area contributed by atoms with Crippen molar-refractivity contribution in [2.24, 2.45) is 5.73 Å². The lowest BCUT2D eigenvalue weighted by atomic mass is 10.2. The fourth-order valence-electron chi connectivity index (χ4n) is 1.83. The van der Waals surface area contributed by atoms with Gasteiger partial charge in [-0.05, 0) is 37.3 Å². The van der Waals surface area contributed by atoms with Crippen LogP contribution in [-0.2, 0) is 10.0 Å². The van der Waals surface area contributed by atoms with Gasteiger partial charge < -0.3 is 5.73 Å². The molecular formula is C15H13ClN2O4S. The van der Waals surface area contributed by atoms with E-state index in [1.807, 2.05) is 0 Å². The molecule has 0 fully saturated rings. The molecule has 0 bridgehead atoms. The van der Waals surface area contributed by atoms with E-state index in [2.05, 4.69) is 4.72 Å². The van der Waals surface area contributed by atoms with Gasteiger partial charge in [0.2, 0.25) is 5.91 Å². The van der Waals surface area contributed by atoms with Crippen molar-refractivity contribution in [1.82, 2.24) is 0 Å². The monoisotopic (exact) mass is 352 g/mol. The number of Topliss-reactive ketones (excluding diaryl/α,β-unsaturated/α-hetero) is 1. The number of benzene rings is 2. The summed E-state index contributed by atoms with van der Waals surface area (Å²) in [6.07, 6.45) is 0. The van der Waals surface area contributed by atoms with Gasteiger partial charge in [-0.2, -0.15) is 0 Å². The lowest BCUT2D eigenvalue weighted by Gasteiger charge is -2.11. The summed E-state index contributed by atoms with van der Waals surface area (Å²) in [6.45, 7) is 1.39. The van der Waals surface area contributed by atoms with Crippen LogP contribution in [-0.4, -0.2) is 20.1 Å². The maximum absolute atomic E-state index is 12.3. The lowest BCUT2D eigenvalue weighted by molar-refractivity contribution is 0.0996. The standard InChI is InChI=1S/C15H13ClN2O4S/c1-9(19)10-2-5-12(6-3-10)23(21,22)18-14-8-11(15(17)20)4-7-13(14)16/h2-8,18H,1H3,(H2,17,20). The van der Waals surface area contributed by atoms with Crippen molar-refractivity contribution in [2.75, 3.05) is 4.72 Å². The van der Waals surface area contributed by atoms with Crippen molar-refractivity contribution in [3.8, 4) is 0 Å². The molecule has 0 atom stereocenters. The van der Waals surface area contributed by atoms with Crippen LogP contribution >= 0.6 is 11.6 Å². The van der Waals surface area contributed by atoms with Gasteiger partial charge in [-0.1, -0.05) is 23.7 Å². The Kier molecular flexibility index (Phi) is 4.72. The molecular weight excluding hydrogens is 340 g/mol. The van der Waals surface area contributed by atoms with Gasteiger partial charge in [0.15, 0.2) is 5.78 Å². The molecule has 8 heteroatoms. The second-order valence-electron chi connectivity index (χ2n) is 4.74. The van der Waals surface area contributed by atoms with E-state index in [0.717, 1.165) is 0 Å². The summed E-state index contributed by atoms with van der Waals surface area (Å²) in [4.78, 5) is 22.3. The summed E-state index contributed by atoms with van der Waals surface area (Å²) in [6, 6.07) is 9.47. The third-order valence-corrected chi connectivity index (χ3v) is 4.78. The van der Waals surface area contributed by atoms with Crippen LogP contribution in [0, 0.1) is 0 Å². The molecule has 0 aliphatic rings. The first kappa shape index (κ1) is 17.0. The van der Waals surface area contributed by atoms with E-state index in [0.29, 0.717) is 5.56 Å². The highest BCUT2D eigenvalue weighted by Gasteiger charge is 2.17. The Morgan fingerprint density at radius 1 is 1.04 bits per heavy atom. The number of ketones is 1. The molecule has 1 amide bonds. The quantitative estimate of drug-likeness (QED) is 0.806. The second kappa shape index (κ2) is 6.39. The Morgan fingerprint density at radius 2 is 1.61 bits per heavy atom. The van der Waals surface area contributed by atoms with E-state index in [1.165, 1.54) is 49.4 Å². The van der Waals surface area contributed by atoms with E-state index in [9.17, 15) is 18.0 Å². The summed E-state index contributed by atoms with van der Waals surface area (Å²) in [7, 11) is -3.92. The number of primary amides is 1. The third-order valence-electron chi connectivity index (χ3n) is 3.07. The Morgan fingerprint density at radius 3 is 2.13 bits per heavy atom. The highest BCUT2D eigenvalue weighted by atomic mass is 35.5. The maximum atomic E-state index is 12.3. The summed E-state index contributed by atoms with van der Waals surface area (Å²) in [5, 5.41) is 0.124. The fourth-order valence-corrected chi connectivity index (χ4v) is 3.12. The van der Waals surface area contributed by atoms with Crippen LogP contribution in [0.15, 0.2) is 47.4 Å². The molecule has 0 spiro atoms. The van der Waals surface area contributed by atoms with Crippen LogP contribution in [0.25, 0.3) is 0 Å². The van der Waals surface area contributed by atoms with Gasteiger partial charge in [-0.3, -0.25) is 14.3 Å². The summed E-state index contributed by atoms with van der Waals surface area (Å²) < 4.78 is 27.0. The number of nitrogens with one attached hydrogen (secondary N) is 1. The Hall–Kier alpha value is -2.38. The van der Waals surface area contributed by atoms with E-state index in [-0.39, 0.29) is 27.0 Å². The van der Waals surface area contributed by atoms with Gasteiger partial charge in [0.05, 0.1) is 15.6 Å². The normalized spacial score (nSPS) is 11.0. The molecule has 0 saturated heterocycles. The number of carbonyl (C=O) groups excluding carboxylic acids is 2. The molecule has 0 aliphatic heterocycles. The molecule has 2 rings (SSSR count). The Bertz CT molecular complexity index is 877. The first-order chi connectivity index (χ1) is 10.7. The van der Waals surface area contributed by atoms with Crippen molar-refractivity contribution < 1.29 is 18.0 Å². The SMILES string of the molecule is CC(=O)c1ccc(S(=O)(=O)Nc2cc(C(N)=O)ccc2Cl)cc1. The van der Waals surface area contributed by atoms with Crippen molar-refractivity contribution in [3.05, 3.63) is 58.6 Å². The average molecular weight is 353 g/mol. The summed E-state index contributed by atoms with van der Waals surface area (Å²) >= 11 is 5.94.